The zero-order valence-corrected chi connectivity index (χ0v) is 11.2. The molecule has 1 aromatic heterocycles. The number of pyridine rings is 1. The summed E-state index contributed by atoms with van der Waals surface area (Å²) < 4.78 is 0. The molecule has 0 atom stereocenters. The van der Waals surface area contributed by atoms with Gasteiger partial charge in [0, 0.05) is 19.3 Å². The summed E-state index contributed by atoms with van der Waals surface area (Å²) in [5, 5.41) is 0. The number of nitrogens with one attached hydrogen (secondary N) is 1. The molecule has 2 heterocycles. The van der Waals surface area contributed by atoms with Gasteiger partial charge in [0.25, 0.3) is 0 Å². The van der Waals surface area contributed by atoms with Crippen LogP contribution in [-0.4, -0.2) is 21.9 Å². The SMILES string of the molecule is O=C(ONC(=O)N1Cc2ccccc2C1)c1ccccn1. The predicted molar refractivity (Wildman–Crippen MR) is 73.9 cm³/mol. The van der Waals surface area contributed by atoms with E-state index in [-0.39, 0.29) is 5.69 Å². The monoisotopic (exact) mass is 283 g/mol. The van der Waals surface area contributed by atoms with Gasteiger partial charge in [-0.15, -0.1) is 0 Å². The molecule has 0 unspecified atom stereocenters. The van der Waals surface area contributed by atoms with Crippen molar-refractivity contribution in [1.82, 2.24) is 15.4 Å². The molecule has 6 heteroatoms. The second-order valence-corrected chi connectivity index (χ2v) is 4.64. The van der Waals surface area contributed by atoms with Gasteiger partial charge in [0.1, 0.15) is 0 Å². The van der Waals surface area contributed by atoms with Gasteiger partial charge >= 0.3 is 12.0 Å². The van der Waals surface area contributed by atoms with Gasteiger partial charge in [-0.25, -0.2) is 14.6 Å². The fourth-order valence-corrected chi connectivity index (χ4v) is 2.17. The van der Waals surface area contributed by atoms with Crippen molar-refractivity contribution < 1.29 is 14.4 Å². The Morgan fingerprint density at radius 3 is 2.33 bits per heavy atom. The number of benzene rings is 1. The van der Waals surface area contributed by atoms with E-state index in [9.17, 15) is 9.59 Å². The van der Waals surface area contributed by atoms with Crippen LogP contribution in [-0.2, 0) is 17.9 Å². The Kier molecular flexibility index (Phi) is 3.51. The van der Waals surface area contributed by atoms with Crippen molar-refractivity contribution in [2.24, 2.45) is 0 Å². The Morgan fingerprint density at radius 1 is 1.05 bits per heavy atom. The molecule has 0 spiro atoms. The normalized spacial score (nSPS) is 12.7. The van der Waals surface area contributed by atoms with Crippen LogP contribution < -0.4 is 5.48 Å². The summed E-state index contributed by atoms with van der Waals surface area (Å²) in [5.74, 6) is -0.694. The first-order chi connectivity index (χ1) is 10.2. The Hall–Kier alpha value is -2.89. The molecule has 0 bridgehead atoms. The van der Waals surface area contributed by atoms with Crippen LogP contribution in [0.4, 0.5) is 4.79 Å². The lowest BCUT2D eigenvalue weighted by molar-refractivity contribution is 0.0277. The van der Waals surface area contributed by atoms with Gasteiger partial charge in [-0.05, 0) is 23.3 Å². The van der Waals surface area contributed by atoms with E-state index >= 15 is 0 Å². The predicted octanol–water partition coefficient (Wildman–Crippen LogP) is 1.88. The summed E-state index contributed by atoms with van der Waals surface area (Å²) in [6.07, 6.45) is 1.48. The molecule has 1 aromatic carbocycles. The third-order valence-electron chi connectivity index (χ3n) is 3.23. The Morgan fingerprint density at radius 2 is 1.71 bits per heavy atom. The van der Waals surface area contributed by atoms with Crippen molar-refractivity contribution in [1.29, 1.82) is 0 Å². The van der Waals surface area contributed by atoms with E-state index in [4.69, 9.17) is 4.84 Å². The first-order valence-electron chi connectivity index (χ1n) is 6.48. The second kappa shape index (κ2) is 5.62. The molecule has 0 fully saturated rings. The van der Waals surface area contributed by atoms with E-state index in [0.717, 1.165) is 11.1 Å². The lowest BCUT2D eigenvalue weighted by Crippen LogP contribution is -2.37. The van der Waals surface area contributed by atoms with E-state index in [1.54, 1.807) is 17.0 Å². The molecule has 3 rings (SSSR count). The standard InChI is InChI=1S/C15H13N3O3/c19-14(13-7-3-4-8-16-13)21-17-15(20)18-9-11-5-1-2-6-12(11)10-18/h1-8H,9-10H2,(H,17,20). The van der Waals surface area contributed by atoms with Crippen LogP contribution in [0.25, 0.3) is 0 Å². The molecular formula is C15H13N3O3. The molecule has 0 aliphatic carbocycles. The minimum absolute atomic E-state index is 0.141. The Bertz CT molecular complexity index is 648. The number of hydrogen-bond donors (Lipinski definition) is 1. The maximum atomic E-state index is 12.0. The number of hydrogen-bond acceptors (Lipinski definition) is 4. The summed E-state index contributed by atoms with van der Waals surface area (Å²) in [7, 11) is 0. The topological polar surface area (TPSA) is 71.5 Å². The summed E-state index contributed by atoms with van der Waals surface area (Å²) in [6.45, 7) is 1.01. The number of fused-ring (bicyclic) bond motifs is 1. The third kappa shape index (κ3) is 2.84. The number of urea groups is 1. The van der Waals surface area contributed by atoms with Gasteiger partial charge in [-0.2, -0.15) is 5.48 Å². The van der Waals surface area contributed by atoms with Crippen LogP contribution in [0.15, 0.2) is 48.7 Å². The van der Waals surface area contributed by atoms with Crippen molar-refractivity contribution in [3.8, 4) is 0 Å². The minimum atomic E-state index is -0.694. The van der Waals surface area contributed by atoms with Crippen LogP contribution in [0.3, 0.4) is 0 Å². The fraction of sp³-hybridized carbons (Fsp3) is 0.133. The van der Waals surface area contributed by atoms with Gasteiger partial charge in [0.15, 0.2) is 5.69 Å². The molecule has 106 valence electrons. The van der Waals surface area contributed by atoms with Crippen molar-refractivity contribution in [3.05, 3.63) is 65.5 Å². The molecule has 0 saturated heterocycles. The van der Waals surface area contributed by atoms with Crippen LogP contribution in [0.1, 0.15) is 21.6 Å². The van der Waals surface area contributed by atoms with Crippen LogP contribution >= 0.6 is 0 Å². The Labute approximate surface area is 121 Å². The number of rotatable bonds is 1. The second-order valence-electron chi connectivity index (χ2n) is 4.64. The number of hydroxylamine groups is 1. The molecule has 0 saturated carbocycles. The van der Waals surface area contributed by atoms with Gasteiger partial charge in [0.05, 0.1) is 0 Å². The highest BCUT2D eigenvalue weighted by Gasteiger charge is 2.23. The molecule has 2 aromatic rings. The first-order valence-corrected chi connectivity index (χ1v) is 6.48. The minimum Gasteiger partial charge on any atom is -0.332 e. The van der Waals surface area contributed by atoms with Gasteiger partial charge in [0.2, 0.25) is 0 Å². The molecule has 2 amide bonds. The largest absolute Gasteiger partial charge is 0.381 e. The quantitative estimate of drug-likeness (QED) is 0.811. The zero-order valence-electron chi connectivity index (χ0n) is 11.2. The first kappa shape index (κ1) is 13.1. The number of aromatic nitrogens is 1. The summed E-state index contributed by atoms with van der Waals surface area (Å²) in [6, 6.07) is 12.2. The van der Waals surface area contributed by atoms with E-state index < -0.39 is 12.0 Å². The molecular weight excluding hydrogens is 270 g/mol. The number of nitrogens with zero attached hydrogens (tertiary/aromatic N) is 2. The fourth-order valence-electron chi connectivity index (χ4n) is 2.17. The zero-order chi connectivity index (χ0) is 14.7. The van der Waals surface area contributed by atoms with E-state index in [1.165, 1.54) is 12.3 Å². The van der Waals surface area contributed by atoms with E-state index in [1.807, 2.05) is 24.3 Å². The number of amides is 2. The summed E-state index contributed by atoms with van der Waals surface area (Å²) in [5.41, 5.74) is 4.50. The average molecular weight is 283 g/mol. The molecule has 1 aliphatic heterocycles. The van der Waals surface area contributed by atoms with Crippen LogP contribution in [0.5, 0.6) is 0 Å². The highest BCUT2D eigenvalue weighted by molar-refractivity contribution is 5.88. The summed E-state index contributed by atoms with van der Waals surface area (Å²) >= 11 is 0. The van der Waals surface area contributed by atoms with E-state index in [0.29, 0.717) is 13.1 Å². The lowest BCUT2D eigenvalue weighted by atomic mass is 10.1. The highest BCUT2D eigenvalue weighted by Crippen LogP contribution is 2.21. The van der Waals surface area contributed by atoms with Crippen LogP contribution in [0.2, 0.25) is 0 Å². The van der Waals surface area contributed by atoms with Crippen molar-refractivity contribution in [3.63, 3.8) is 0 Å². The number of carbonyl (C=O) groups is 2. The van der Waals surface area contributed by atoms with Crippen molar-refractivity contribution in [2.45, 2.75) is 13.1 Å². The molecule has 0 radical (unpaired) electrons. The highest BCUT2D eigenvalue weighted by atomic mass is 16.7. The molecule has 21 heavy (non-hydrogen) atoms. The molecule has 1 aliphatic rings. The molecule has 1 N–H and O–H groups in total. The third-order valence-corrected chi connectivity index (χ3v) is 3.23. The maximum absolute atomic E-state index is 12.0. The van der Waals surface area contributed by atoms with Crippen molar-refractivity contribution >= 4 is 12.0 Å². The lowest BCUT2D eigenvalue weighted by Gasteiger charge is -2.15. The van der Waals surface area contributed by atoms with E-state index in [2.05, 4.69) is 10.5 Å². The van der Waals surface area contributed by atoms with Gasteiger partial charge in [-0.1, -0.05) is 30.3 Å². The smallest absolute Gasteiger partial charge is 0.332 e. The average Bonchev–Trinajstić information content (AvgIpc) is 2.97. The van der Waals surface area contributed by atoms with Gasteiger partial charge in [-0.3, -0.25) is 0 Å². The van der Waals surface area contributed by atoms with Crippen LogP contribution in [0, 0.1) is 0 Å². The van der Waals surface area contributed by atoms with Crippen molar-refractivity contribution in [2.75, 3.05) is 0 Å². The Balaban J connectivity index is 1.55. The number of carbonyl (C=O) groups excluding carboxylic acids is 2. The van der Waals surface area contributed by atoms with Gasteiger partial charge < -0.3 is 9.74 Å². The molecule has 6 nitrogen and oxygen atoms in total. The maximum Gasteiger partial charge on any atom is 0.381 e. The summed E-state index contributed by atoms with van der Waals surface area (Å²) in [4.78, 5) is 33.8.